The molecule has 0 spiro atoms. The van der Waals surface area contributed by atoms with Gasteiger partial charge in [-0.25, -0.2) is 0 Å². The maximum absolute atomic E-state index is 12.9. The maximum Gasteiger partial charge on any atom is 0.254 e. The van der Waals surface area contributed by atoms with Crippen LogP contribution < -0.4 is 4.90 Å². The molecule has 2 aromatic rings. The lowest BCUT2D eigenvalue weighted by atomic mass is 10.1. The Morgan fingerprint density at radius 2 is 1.92 bits per heavy atom. The van der Waals surface area contributed by atoms with Crippen LogP contribution in [0.15, 0.2) is 41.8 Å². The number of hydrogen-bond acceptors (Lipinski definition) is 3. The zero-order valence-corrected chi connectivity index (χ0v) is 14.3. The molecule has 1 aromatic heterocycles. The molecule has 2 saturated heterocycles. The largest absolute Gasteiger partial charge is 0.331 e. The van der Waals surface area contributed by atoms with Crippen molar-refractivity contribution in [1.82, 2.24) is 4.90 Å². The van der Waals surface area contributed by atoms with Gasteiger partial charge in [-0.05, 0) is 55.0 Å². The molecule has 1 atom stereocenters. The average Bonchev–Trinajstić information content (AvgIpc) is 3.35. The Kier molecular flexibility index (Phi) is 4.10. The molecule has 124 valence electrons. The van der Waals surface area contributed by atoms with Gasteiger partial charge in [0, 0.05) is 35.6 Å². The van der Waals surface area contributed by atoms with E-state index < -0.39 is 0 Å². The number of thiophene rings is 1. The highest BCUT2D eigenvalue weighted by atomic mass is 32.1. The van der Waals surface area contributed by atoms with E-state index in [9.17, 15) is 9.59 Å². The highest BCUT2D eigenvalue weighted by Gasteiger charge is 2.31. The minimum atomic E-state index is 0.0881. The van der Waals surface area contributed by atoms with E-state index in [1.165, 1.54) is 4.88 Å². The molecule has 0 saturated carbocycles. The predicted molar refractivity (Wildman–Crippen MR) is 95.4 cm³/mol. The minimum Gasteiger partial charge on any atom is -0.331 e. The molecule has 3 heterocycles. The van der Waals surface area contributed by atoms with E-state index in [4.69, 9.17) is 0 Å². The van der Waals surface area contributed by atoms with Crippen molar-refractivity contribution < 1.29 is 9.59 Å². The molecule has 0 N–H and O–H groups in total. The Morgan fingerprint density at radius 3 is 2.58 bits per heavy atom. The summed E-state index contributed by atoms with van der Waals surface area (Å²) in [5.74, 6) is 0.261. The van der Waals surface area contributed by atoms with Crippen molar-refractivity contribution in [3.05, 3.63) is 52.2 Å². The standard InChI is InChI=1S/C19H20N2O2S/c22-18-6-2-11-20(18)15-9-7-14(8-10-15)19(23)21-12-1-4-16(21)17-5-3-13-24-17/h3,5,7-10,13,16H,1-2,4,6,11-12H2. The van der Waals surface area contributed by atoms with Gasteiger partial charge >= 0.3 is 0 Å². The van der Waals surface area contributed by atoms with Crippen molar-refractivity contribution in [2.75, 3.05) is 18.0 Å². The van der Waals surface area contributed by atoms with Crippen molar-refractivity contribution >= 4 is 28.8 Å². The second-order valence-electron chi connectivity index (χ2n) is 6.37. The van der Waals surface area contributed by atoms with Gasteiger partial charge < -0.3 is 9.80 Å². The quantitative estimate of drug-likeness (QED) is 0.851. The van der Waals surface area contributed by atoms with Crippen LogP contribution in [0.25, 0.3) is 0 Å². The van der Waals surface area contributed by atoms with Gasteiger partial charge in [-0.15, -0.1) is 11.3 Å². The molecule has 2 amide bonds. The van der Waals surface area contributed by atoms with E-state index in [1.807, 2.05) is 35.2 Å². The number of carbonyl (C=O) groups is 2. The van der Waals surface area contributed by atoms with E-state index >= 15 is 0 Å². The number of amides is 2. The fourth-order valence-electron chi connectivity index (χ4n) is 3.66. The van der Waals surface area contributed by atoms with Gasteiger partial charge in [0.15, 0.2) is 0 Å². The van der Waals surface area contributed by atoms with Crippen molar-refractivity contribution in [3.63, 3.8) is 0 Å². The molecule has 1 aromatic carbocycles. The minimum absolute atomic E-state index is 0.0881. The fraction of sp³-hybridized carbons (Fsp3) is 0.368. The SMILES string of the molecule is O=C1CCCN1c1ccc(C(=O)N2CCCC2c2cccs2)cc1. The van der Waals surface area contributed by atoms with Crippen LogP contribution in [-0.4, -0.2) is 29.8 Å². The fourth-order valence-corrected chi connectivity index (χ4v) is 4.53. The molecule has 0 bridgehead atoms. The van der Waals surface area contributed by atoms with Crippen molar-refractivity contribution in [1.29, 1.82) is 0 Å². The Bertz CT molecular complexity index is 739. The van der Waals surface area contributed by atoms with Gasteiger partial charge in [0.1, 0.15) is 0 Å². The summed E-state index contributed by atoms with van der Waals surface area (Å²) in [5.41, 5.74) is 1.60. The lowest BCUT2D eigenvalue weighted by Crippen LogP contribution is -2.30. The first-order chi connectivity index (χ1) is 11.7. The molecular formula is C19H20N2O2S. The second kappa shape index (κ2) is 6.40. The normalized spacial score (nSPS) is 20.8. The van der Waals surface area contributed by atoms with Crippen LogP contribution in [0, 0.1) is 0 Å². The molecule has 2 fully saturated rings. The lowest BCUT2D eigenvalue weighted by molar-refractivity contribution is -0.117. The van der Waals surface area contributed by atoms with Gasteiger partial charge in [-0.1, -0.05) is 6.07 Å². The van der Waals surface area contributed by atoms with E-state index in [0.29, 0.717) is 12.0 Å². The summed E-state index contributed by atoms with van der Waals surface area (Å²) in [6.07, 6.45) is 3.62. The first-order valence-electron chi connectivity index (χ1n) is 8.49. The molecule has 24 heavy (non-hydrogen) atoms. The van der Waals surface area contributed by atoms with Crippen LogP contribution >= 0.6 is 11.3 Å². The Morgan fingerprint density at radius 1 is 1.08 bits per heavy atom. The van der Waals surface area contributed by atoms with Gasteiger partial charge in [-0.2, -0.15) is 0 Å². The van der Waals surface area contributed by atoms with E-state index in [0.717, 1.165) is 38.0 Å². The smallest absolute Gasteiger partial charge is 0.254 e. The number of rotatable bonds is 3. The van der Waals surface area contributed by atoms with Gasteiger partial charge in [0.05, 0.1) is 6.04 Å². The average molecular weight is 340 g/mol. The Hall–Kier alpha value is -2.14. The Labute approximate surface area is 145 Å². The summed E-state index contributed by atoms with van der Waals surface area (Å²) in [4.78, 5) is 29.8. The highest BCUT2D eigenvalue weighted by molar-refractivity contribution is 7.10. The third-order valence-electron chi connectivity index (χ3n) is 4.88. The molecular weight excluding hydrogens is 320 g/mol. The number of nitrogens with zero attached hydrogens (tertiary/aromatic N) is 2. The number of hydrogen-bond donors (Lipinski definition) is 0. The topological polar surface area (TPSA) is 40.6 Å². The first-order valence-corrected chi connectivity index (χ1v) is 9.37. The summed E-state index contributed by atoms with van der Waals surface area (Å²) in [6, 6.07) is 11.9. The van der Waals surface area contributed by atoms with Gasteiger partial charge in [-0.3, -0.25) is 9.59 Å². The van der Waals surface area contributed by atoms with Crippen LogP contribution in [0.5, 0.6) is 0 Å². The molecule has 4 rings (SSSR count). The highest BCUT2D eigenvalue weighted by Crippen LogP contribution is 2.35. The second-order valence-corrected chi connectivity index (χ2v) is 7.35. The van der Waals surface area contributed by atoms with Crippen LogP contribution in [-0.2, 0) is 4.79 Å². The zero-order valence-electron chi connectivity index (χ0n) is 13.5. The van der Waals surface area contributed by atoms with Crippen LogP contribution in [0.2, 0.25) is 0 Å². The number of benzene rings is 1. The van der Waals surface area contributed by atoms with Crippen molar-refractivity contribution in [2.24, 2.45) is 0 Å². The summed E-state index contributed by atoms with van der Waals surface area (Å²) in [6.45, 7) is 1.59. The molecule has 1 unspecified atom stereocenters. The predicted octanol–water partition coefficient (Wildman–Crippen LogP) is 3.85. The molecule has 2 aliphatic rings. The van der Waals surface area contributed by atoms with E-state index in [1.54, 1.807) is 16.2 Å². The van der Waals surface area contributed by atoms with Gasteiger partial charge in [0.25, 0.3) is 5.91 Å². The first kappa shape index (κ1) is 15.4. The third-order valence-corrected chi connectivity index (χ3v) is 5.86. The molecule has 0 radical (unpaired) electrons. The molecule has 5 heteroatoms. The van der Waals surface area contributed by atoms with Crippen LogP contribution in [0.4, 0.5) is 5.69 Å². The van der Waals surface area contributed by atoms with Crippen molar-refractivity contribution in [2.45, 2.75) is 31.7 Å². The molecule has 0 aliphatic carbocycles. The Balaban J connectivity index is 1.53. The summed E-state index contributed by atoms with van der Waals surface area (Å²) < 4.78 is 0. The third kappa shape index (κ3) is 2.73. The van der Waals surface area contributed by atoms with Gasteiger partial charge in [0.2, 0.25) is 5.91 Å². The van der Waals surface area contributed by atoms with E-state index in [2.05, 4.69) is 11.4 Å². The van der Waals surface area contributed by atoms with Crippen LogP contribution in [0.3, 0.4) is 0 Å². The van der Waals surface area contributed by atoms with E-state index in [-0.39, 0.29) is 17.9 Å². The maximum atomic E-state index is 12.9. The monoisotopic (exact) mass is 340 g/mol. The molecule has 4 nitrogen and oxygen atoms in total. The summed E-state index contributed by atoms with van der Waals surface area (Å²) >= 11 is 1.72. The number of likely N-dealkylation sites (tertiary alicyclic amines) is 1. The lowest BCUT2D eigenvalue weighted by Gasteiger charge is -2.24. The number of carbonyl (C=O) groups excluding carboxylic acids is 2. The van der Waals surface area contributed by atoms with Crippen molar-refractivity contribution in [3.8, 4) is 0 Å². The zero-order chi connectivity index (χ0) is 16.5. The van der Waals surface area contributed by atoms with Crippen LogP contribution in [0.1, 0.15) is 47.0 Å². The molecule has 2 aliphatic heterocycles. The summed E-state index contributed by atoms with van der Waals surface area (Å²) in [7, 11) is 0. The summed E-state index contributed by atoms with van der Waals surface area (Å²) in [5, 5.41) is 2.07. The number of anilines is 1.